The molecule has 0 fully saturated rings. The van der Waals surface area contributed by atoms with Crippen LogP contribution in [0.5, 0.6) is 0 Å². The summed E-state index contributed by atoms with van der Waals surface area (Å²) < 4.78 is 19.0. The molecule has 3 nitrogen and oxygen atoms in total. The summed E-state index contributed by atoms with van der Waals surface area (Å²) in [6, 6.07) is 5.97. The highest BCUT2D eigenvalue weighted by molar-refractivity contribution is 9.10. The van der Waals surface area contributed by atoms with Crippen LogP contribution in [0.3, 0.4) is 0 Å². The maximum atomic E-state index is 13.5. The van der Waals surface area contributed by atoms with Crippen LogP contribution in [0.4, 0.5) is 4.39 Å². The number of nitrogens with zero attached hydrogens (tertiary/aromatic N) is 1. The van der Waals surface area contributed by atoms with Gasteiger partial charge in [-0.2, -0.15) is 5.26 Å². The molecule has 0 atom stereocenters. The highest BCUT2D eigenvalue weighted by Gasteiger charge is 2.13. The van der Waals surface area contributed by atoms with E-state index in [4.69, 9.17) is 10.00 Å². The van der Waals surface area contributed by atoms with Crippen LogP contribution in [0.1, 0.15) is 19.4 Å². The van der Waals surface area contributed by atoms with E-state index < -0.39 is 11.8 Å². The second-order valence-electron chi connectivity index (χ2n) is 3.79. The monoisotopic (exact) mass is 311 g/mol. The molecule has 18 heavy (non-hydrogen) atoms. The van der Waals surface area contributed by atoms with E-state index in [0.717, 1.165) is 0 Å². The van der Waals surface area contributed by atoms with Gasteiger partial charge in [-0.25, -0.2) is 9.18 Å². The van der Waals surface area contributed by atoms with Gasteiger partial charge in [0, 0.05) is 10.0 Å². The minimum absolute atomic E-state index is 0.154. The van der Waals surface area contributed by atoms with Gasteiger partial charge < -0.3 is 4.74 Å². The Balaban J connectivity index is 3.08. The van der Waals surface area contributed by atoms with Crippen molar-refractivity contribution in [2.24, 2.45) is 0 Å². The van der Waals surface area contributed by atoms with E-state index in [1.807, 2.05) is 0 Å². The van der Waals surface area contributed by atoms with E-state index in [1.54, 1.807) is 19.9 Å². The van der Waals surface area contributed by atoms with Crippen LogP contribution >= 0.6 is 15.9 Å². The largest absolute Gasteiger partial charge is 0.459 e. The molecule has 0 unspecified atom stereocenters. The Labute approximate surface area is 113 Å². The summed E-state index contributed by atoms with van der Waals surface area (Å²) in [7, 11) is 0. The fourth-order valence-corrected chi connectivity index (χ4v) is 1.57. The summed E-state index contributed by atoms with van der Waals surface area (Å²) in [6.45, 7) is 3.35. The third kappa shape index (κ3) is 3.97. The summed E-state index contributed by atoms with van der Waals surface area (Å²) in [6.07, 6.45) is 0.840. The number of hydrogen-bond donors (Lipinski definition) is 0. The van der Waals surface area contributed by atoms with Crippen molar-refractivity contribution in [1.82, 2.24) is 0 Å². The average Bonchev–Trinajstić information content (AvgIpc) is 2.29. The van der Waals surface area contributed by atoms with Crippen molar-refractivity contribution in [1.29, 1.82) is 5.26 Å². The normalized spacial score (nSPS) is 11.2. The van der Waals surface area contributed by atoms with Crippen molar-refractivity contribution in [2.45, 2.75) is 20.0 Å². The zero-order valence-electron chi connectivity index (χ0n) is 9.91. The quantitative estimate of drug-likeness (QED) is 0.488. The highest BCUT2D eigenvalue weighted by Crippen LogP contribution is 2.18. The number of rotatable bonds is 3. The number of esters is 1. The molecular formula is C13H11BrFNO2. The number of carbonyl (C=O) groups excluding carboxylic acids is 1. The number of hydrogen-bond acceptors (Lipinski definition) is 3. The summed E-state index contributed by atoms with van der Waals surface area (Å²) in [4.78, 5) is 11.5. The Morgan fingerprint density at radius 1 is 1.56 bits per heavy atom. The lowest BCUT2D eigenvalue weighted by Crippen LogP contribution is -2.12. The Morgan fingerprint density at radius 2 is 2.22 bits per heavy atom. The van der Waals surface area contributed by atoms with Gasteiger partial charge in [-0.3, -0.25) is 0 Å². The van der Waals surface area contributed by atoms with Gasteiger partial charge in [0.05, 0.1) is 6.10 Å². The van der Waals surface area contributed by atoms with Crippen molar-refractivity contribution in [3.8, 4) is 6.07 Å². The van der Waals surface area contributed by atoms with Gasteiger partial charge in [-0.05, 0) is 38.1 Å². The van der Waals surface area contributed by atoms with Crippen molar-refractivity contribution in [3.63, 3.8) is 0 Å². The van der Waals surface area contributed by atoms with E-state index in [9.17, 15) is 9.18 Å². The van der Waals surface area contributed by atoms with E-state index in [0.29, 0.717) is 4.47 Å². The third-order valence-electron chi connectivity index (χ3n) is 1.94. The second-order valence-corrected chi connectivity index (χ2v) is 4.71. The van der Waals surface area contributed by atoms with Crippen LogP contribution in [-0.2, 0) is 9.53 Å². The summed E-state index contributed by atoms with van der Waals surface area (Å²) in [5.41, 5.74) is -0.0812. The first-order valence-corrected chi connectivity index (χ1v) is 6.01. The molecule has 0 heterocycles. The topological polar surface area (TPSA) is 50.1 Å². The zero-order valence-corrected chi connectivity index (χ0v) is 11.5. The highest BCUT2D eigenvalue weighted by atomic mass is 79.9. The van der Waals surface area contributed by atoms with Crippen molar-refractivity contribution in [3.05, 3.63) is 39.6 Å². The fourth-order valence-electron chi connectivity index (χ4n) is 1.20. The van der Waals surface area contributed by atoms with Crippen molar-refractivity contribution < 1.29 is 13.9 Å². The van der Waals surface area contributed by atoms with Crippen molar-refractivity contribution >= 4 is 28.0 Å². The van der Waals surface area contributed by atoms with E-state index in [-0.39, 0.29) is 17.2 Å². The fraction of sp³-hybridized carbons (Fsp3) is 0.231. The van der Waals surface area contributed by atoms with Crippen LogP contribution in [0.15, 0.2) is 28.2 Å². The molecule has 0 aromatic heterocycles. The molecule has 0 N–H and O–H groups in total. The lowest BCUT2D eigenvalue weighted by molar-refractivity contribution is -0.142. The maximum absolute atomic E-state index is 13.5. The molecule has 0 bridgehead atoms. The number of ether oxygens (including phenoxy) is 1. The summed E-state index contributed by atoms with van der Waals surface area (Å²) in [5.74, 6) is -1.27. The van der Waals surface area contributed by atoms with Crippen LogP contribution in [0.25, 0.3) is 6.08 Å². The van der Waals surface area contributed by atoms with Gasteiger partial charge in [0.1, 0.15) is 17.5 Å². The number of carbonyl (C=O) groups is 1. The van der Waals surface area contributed by atoms with Crippen molar-refractivity contribution in [2.75, 3.05) is 0 Å². The Morgan fingerprint density at radius 3 is 2.78 bits per heavy atom. The molecule has 0 aliphatic rings. The molecule has 0 saturated carbocycles. The molecule has 0 aliphatic carbocycles. The second kappa shape index (κ2) is 6.31. The summed E-state index contributed by atoms with van der Waals surface area (Å²) >= 11 is 3.19. The van der Waals surface area contributed by atoms with Crippen LogP contribution in [0, 0.1) is 17.1 Å². The molecule has 0 amide bonds. The molecular weight excluding hydrogens is 301 g/mol. The van der Waals surface area contributed by atoms with Crippen LogP contribution in [-0.4, -0.2) is 12.1 Å². The average molecular weight is 312 g/mol. The third-order valence-corrected chi connectivity index (χ3v) is 2.43. The number of benzene rings is 1. The number of nitriles is 1. The zero-order chi connectivity index (χ0) is 13.7. The van der Waals surface area contributed by atoms with Gasteiger partial charge >= 0.3 is 5.97 Å². The predicted octanol–water partition coefficient (Wildman–Crippen LogP) is 3.45. The Hall–Kier alpha value is -1.67. The molecule has 0 spiro atoms. The van der Waals surface area contributed by atoms with E-state index in [2.05, 4.69) is 15.9 Å². The van der Waals surface area contributed by atoms with Crippen LogP contribution < -0.4 is 0 Å². The Bertz CT molecular complexity index is 532. The van der Waals surface area contributed by atoms with E-state index >= 15 is 0 Å². The first-order valence-electron chi connectivity index (χ1n) is 5.22. The standard InChI is InChI=1S/C13H11BrFNO2/c1-8(2)18-13(17)10(7-16)5-9-6-11(14)3-4-12(9)15/h3-6,8H,1-2H3/b10-5+. The summed E-state index contributed by atoms with van der Waals surface area (Å²) in [5, 5.41) is 8.88. The molecule has 1 aromatic carbocycles. The maximum Gasteiger partial charge on any atom is 0.349 e. The first-order chi connectivity index (χ1) is 8.43. The molecule has 0 radical (unpaired) electrons. The SMILES string of the molecule is CC(C)OC(=O)/C(C#N)=C/c1cc(Br)ccc1F. The number of halogens is 2. The molecule has 0 aliphatic heterocycles. The minimum Gasteiger partial charge on any atom is -0.459 e. The predicted molar refractivity (Wildman–Crippen MR) is 68.9 cm³/mol. The van der Waals surface area contributed by atoms with Gasteiger partial charge in [-0.1, -0.05) is 15.9 Å². The van der Waals surface area contributed by atoms with Gasteiger partial charge in [0.25, 0.3) is 0 Å². The Kier molecular flexibility index (Phi) is 5.05. The molecule has 1 rings (SSSR count). The smallest absolute Gasteiger partial charge is 0.349 e. The first kappa shape index (κ1) is 14.4. The minimum atomic E-state index is -0.758. The van der Waals surface area contributed by atoms with E-state index in [1.165, 1.54) is 24.3 Å². The van der Waals surface area contributed by atoms with Gasteiger partial charge in [0.15, 0.2) is 0 Å². The lowest BCUT2D eigenvalue weighted by Gasteiger charge is -2.06. The molecule has 94 valence electrons. The van der Waals surface area contributed by atoms with Gasteiger partial charge in [-0.15, -0.1) is 0 Å². The van der Waals surface area contributed by atoms with Crippen LogP contribution in [0.2, 0.25) is 0 Å². The van der Waals surface area contributed by atoms with Gasteiger partial charge in [0.2, 0.25) is 0 Å². The molecule has 1 aromatic rings. The molecule has 5 heteroatoms. The molecule has 0 saturated heterocycles. The lowest BCUT2D eigenvalue weighted by atomic mass is 10.1.